The standard InChI is InChI=1S/C27H35N3O2/c1-18-8-9-20(24(14-18)32-4)15-22-17-28-12-13-29(22)23-11-10-19-6-5-7-21-16-27(2,3)30(25(19)21)26(23)31/h5-9,14,22-23,28H,10-13,15-17H2,1-4H3. The van der Waals surface area contributed by atoms with Crippen LogP contribution in [0.1, 0.15) is 42.5 Å². The van der Waals surface area contributed by atoms with Gasteiger partial charge in [0.1, 0.15) is 5.75 Å². The van der Waals surface area contributed by atoms with E-state index in [-0.39, 0.29) is 23.5 Å². The van der Waals surface area contributed by atoms with Gasteiger partial charge in [-0.25, -0.2) is 0 Å². The molecule has 2 unspecified atom stereocenters. The lowest BCUT2D eigenvalue weighted by molar-refractivity contribution is -0.126. The number of aryl methyl sites for hydroxylation is 2. The Morgan fingerprint density at radius 2 is 2.00 bits per heavy atom. The number of nitrogens with zero attached hydrogens (tertiary/aromatic N) is 2. The van der Waals surface area contributed by atoms with E-state index in [9.17, 15) is 4.79 Å². The largest absolute Gasteiger partial charge is 0.496 e. The first kappa shape index (κ1) is 21.5. The van der Waals surface area contributed by atoms with E-state index in [1.165, 1.54) is 27.9 Å². The van der Waals surface area contributed by atoms with E-state index < -0.39 is 0 Å². The van der Waals surface area contributed by atoms with E-state index in [1.54, 1.807) is 7.11 Å². The van der Waals surface area contributed by atoms with E-state index in [4.69, 9.17) is 4.74 Å². The molecule has 2 aromatic rings. The van der Waals surface area contributed by atoms with Crippen molar-refractivity contribution in [1.82, 2.24) is 10.2 Å². The van der Waals surface area contributed by atoms with Crippen LogP contribution in [0.2, 0.25) is 0 Å². The van der Waals surface area contributed by atoms with E-state index in [0.29, 0.717) is 0 Å². The number of anilines is 1. The molecule has 2 atom stereocenters. The number of nitrogens with one attached hydrogen (secondary N) is 1. The van der Waals surface area contributed by atoms with Crippen molar-refractivity contribution < 1.29 is 9.53 Å². The second-order valence-corrected chi connectivity index (χ2v) is 10.3. The minimum absolute atomic E-state index is 0.0869. The molecule has 3 aliphatic rings. The normalized spacial score (nSPS) is 24.9. The number of amides is 1. The number of para-hydroxylation sites is 1. The molecule has 32 heavy (non-hydrogen) atoms. The number of methoxy groups -OCH3 is 1. The number of hydrogen-bond donors (Lipinski definition) is 1. The lowest BCUT2D eigenvalue weighted by Gasteiger charge is -2.43. The molecule has 0 aliphatic carbocycles. The first-order chi connectivity index (χ1) is 15.4. The molecule has 3 aliphatic heterocycles. The van der Waals surface area contributed by atoms with Crippen molar-refractivity contribution in [1.29, 1.82) is 0 Å². The zero-order chi connectivity index (χ0) is 22.5. The number of rotatable bonds is 4. The van der Waals surface area contributed by atoms with Gasteiger partial charge in [0.2, 0.25) is 5.91 Å². The highest BCUT2D eigenvalue weighted by Crippen LogP contribution is 2.44. The Bertz CT molecular complexity index is 1030. The summed E-state index contributed by atoms with van der Waals surface area (Å²) in [5.41, 5.74) is 6.08. The maximum Gasteiger partial charge on any atom is 0.244 e. The maximum absolute atomic E-state index is 14.1. The van der Waals surface area contributed by atoms with Gasteiger partial charge in [-0.1, -0.05) is 30.3 Å². The molecule has 0 bridgehead atoms. The monoisotopic (exact) mass is 433 g/mol. The number of ether oxygens (including phenoxy) is 1. The molecule has 2 aromatic carbocycles. The molecule has 0 aromatic heterocycles. The Kier molecular flexibility index (Phi) is 5.50. The van der Waals surface area contributed by atoms with Gasteiger partial charge in [0, 0.05) is 31.2 Å². The highest BCUT2D eigenvalue weighted by atomic mass is 16.5. The van der Waals surface area contributed by atoms with Gasteiger partial charge in [-0.05, 0) is 74.8 Å². The quantitative estimate of drug-likeness (QED) is 0.802. The Labute approximate surface area is 191 Å². The van der Waals surface area contributed by atoms with Crippen LogP contribution >= 0.6 is 0 Å². The zero-order valence-corrected chi connectivity index (χ0v) is 19.8. The van der Waals surface area contributed by atoms with Crippen LogP contribution in [0, 0.1) is 6.92 Å². The fourth-order valence-corrected chi connectivity index (χ4v) is 6.06. The summed E-state index contributed by atoms with van der Waals surface area (Å²) in [5.74, 6) is 1.22. The summed E-state index contributed by atoms with van der Waals surface area (Å²) in [7, 11) is 1.74. The van der Waals surface area contributed by atoms with Crippen LogP contribution in [0.5, 0.6) is 5.75 Å². The van der Waals surface area contributed by atoms with E-state index in [1.807, 2.05) is 0 Å². The minimum Gasteiger partial charge on any atom is -0.496 e. The molecular weight excluding hydrogens is 398 g/mol. The predicted octanol–water partition coefficient (Wildman–Crippen LogP) is 3.50. The summed E-state index contributed by atoms with van der Waals surface area (Å²) in [6, 6.07) is 13.2. The molecule has 1 saturated heterocycles. The van der Waals surface area contributed by atoms with Crippen LogP contribution in [0.25, 0.3) is 0 Å². The van der Waals surface area contributed by atoms with Crippen LogP contribution in [0.4, 0.5) is 5.69 Å². The van der Waals surface area contributed by atoms with Crippen molar-refractivity contribution in [2.24, 2.45) is 0 Å². The van der Waals surface area contributed by atoms with Gasteiger partial charge in [-0.3, -0.25) is 9.69 Å². The zero-order valence-electron chi connectivity index (χ0n) is 19.8. The lowest BCUT2D eigenvalue weighted by Crippen LogP contribution is -2.61. The third-order valence-electron chi connectivity index (χ3n) is 7.54. The van der Waals surface area contributed by atoms with Gasteiger partial charge in [0.05, 0.1) is 18.8 Å². The average Bonchev–Trinajstić information content (AvgIpc) is 2.95. The number of benzene rings is 2. The number of hydrogen-bond acceptors (Lipinski definition) is 4. The fraction of sp³-hybridized carbons (Fsp3) is 0.519. The molecule has 5 heteroatoms. The molecule has 1 N–H and O–H groups in total. The fourth-order valence-electron chi connectivity index (χ4n) is 6.06. The first-order valence-corrected chi connectivity index (χ1v) is 11.9. The molecule has 0 spiro atoms. The van der Waals surface area contributed by atoms with Crippen molar-refractivity contribution in [3.63, 3.8) is 0 Å². The Morgan fingerprint density at radius 1 is 1.19 bits per heavy atom. The predicted molar refractivity (Wildman–Crippen MR) is 129 cm³/mol. The number of piperazine rings is 1. The summed E-state index contributed by atoms with van der Waals surface area (Å²) >= 11 is 0. The highest BCUT2D eigenvalue weighted by Gasteiger charge is 2.47. The molecule has 5 nitrogen and oxygen atoms in total. The molecule has 1 fully saturated rings. The van der Waals surface area contributed by atoms with Gasteiger partial charge in [-0.15, -0.1) is 0 Å². The smallest absolute Gasteiger partial charge is 0.244 e. The van der Waals surface area contributed by atoms with Crippen LogP contribution in [-0.4, -0.2) is 55.2 Å². The van der Waals surface area contributed by atoms with Crippen LogP contribution in [0.15, 0.2) is 36.4 Å². The second-order valence-electron chi connectivity index (χ2n) is 10.3. The van der Waals surface area contributed by atoms with Gasteiger partial charge >= 0.3 is 0 Å². The van der Waals surface area contributed by atoms with Crippen LogP contribution in [-0.2, 0) is 24.1 Å². The SMILES string of the molecule is COc1cc(C)ccc1CC1CNCCN1C1CCc2cccc3c2N(C1=O)C(C)(C)C3. The highest BCUT2D eigenvalue weighted by molar-refractivity contribution is 6.02. The number of carbonyl (C=O) groups excluding carboxylic acids is 1. The molecule has 5 rings (SSSR count). The Morgan fingerprint density at radius 3 is 2.81 bits per heavy atom. The summed E-state index contributed by atoms with van der Waals surface area (Å²) in [6.45, 7) is 9.23. The molecule has 0 saturated carbocycles. The van der Waals surface area contributed by atoms with E-state index in [2.05, 4.69) is 72.3 Å². The van der Waals surface area contributed by atoms with Crippen LogP contribution in [0.3, 0.4) is 0 Å². The van der Waals surface area contributed by atoms with E-state index >= 15 is 0 Å². The Balaban J connectivity index is 1.46. The first-order valence-electron chi connectivity index (χ1n) is 11.9. The van der Waals surface area contributed by atoms with Crippen molar-refractivity contribution in [3.05, 3.63) is 58.7 Å². The molecular formula is C27H35N3O2. The summed E-state index contributed by atoms with van der Waals surface area (Å²) < 4.78 is 5.69. The van der Waals surface area contributed by atoms with Crippen molar-refractivity contribution in [2.45, 2.75) is 64.1 Å². The summed E-state index contributed by atoms with van der Waals surface area (Å²) in [4.78, 5) is 18.7. The molecule has 170 valence electrons. The summed E-state index contributed by atoms with van der Waals surface area (Å²) in [6.07, 6.45) is 3.64. The van der Waals surface area contributed by atoms with Crippen molar-refractivity contribution in [3.8, 4) is 5.75 Å². The van der Waals surface area contributed by atoms with Gasteiger partial charge in [0.25, 0.3) is 0 Å². The summed E-state index contributed by atoms with van der Waals surface area (Å²) in [5, 5.41) is 3.56. The number of carbonyl (C=O) groups is 1. The minimum atomic E-state index is -0.179. The second kappa shape index (κ2) is 8.20. The molecule has 0 radical (unpaired) electrons. The Hall–Kier alpha value is -2.37. The van der Waals surface area contributed by atoms with Crippen molar-refractivity contribution >= 4 is 11.6 Å². The van der Waals surface area contributed by atoms with Gasteiger partial charge < -0.3 is 15.0 Å². The molecule has 1 amide bonds. The van der Waals surface area contributed by atoms with Gasteiger partial charge in [0.15, 0.2) is 0 Å². The third kappa shape index (κ3) is 3.61. The maximum atomic E-state index is 14.1. The molecule has 3 heterocycles. The third-order valence-corrected chi connectivity index (χ3v) is 7.54. The van der Waals surface area contributed by atoms with Crippen LogP contribution < -0.4 is 15.0 Å². The lowest BCUT2D eigenvalue weighted by atomic mass is 9.94. The average molecular weight is 434 g/mol. The topological polar surface area (TPSA) is 44.8 Å². The van der Waals surface area contributed by atoms with Crippen molar-refractivity contribution in [2.75, 3.05) is 31.6 Å². The van der Waals surface area contributed by atoms with E-state index in [0.717, 1.165) is 51.1 Å². The van der Waals surface area contributed by atoms with Gasteiger partial charge in [-0.2, -0.15) is 0 Å².